The first-order valence-electron chi connectivity index (χ1n) is 7.85. The smallest absolute Gasteiger partial charge is 0.342 e. The van der Waals surface area contributed by atoms with Crippen molar-refractivity contribution in [1.82, 2.24) is 14.8 Å². The number of carbonyl (C=O) groups excluding carboxylic acids is 1. The van der Waals surface area contributed by atoms with E-state index in [0.717, 1.165) is 11.3 Å². The molecule has 1 aromatic carbocycles. The van der Waals surface area contributed by atoms with Gasteiger partial charge in [0.2, 0.25) is 0 Å². The number of aromatic nitrogens is 3. The van der Waals surface area contributed by atoms with E-state index in [2.05, 4.69) is 10.1 Å². The normalized spacial score (nSPS) is 11.8. The zero-order chi connectivity index (χ0) is 17.8. The number of aryl methyl sites for hydroxylation is 1. The number of benzene rings is 1. The third-order valence-corrected chi connectivity index (χ3v) is 4.06. The molecule has 0 aliphatic heterocycles. The molecule has 0 aliphatic carbocycles. The molecule has 25 heavy (non-hydrogen) atoms. The van der Waals surface area contributed by atoms with Gasteiger partial charge < -0.3 is 9.47 Å². The molecular formula is C19H19N3O3. The number of para-hydroxylation sites is 1. The van der Waals surface area contributed by atoms with Crippen LogP contribution in [0.4, 0.5) is 0 Å². The van der Waals surface area contributed by atoms with Crippen molar-refractivity contribution in [2.75, 3.05) is 7.11 Å². The van der Waals surface area contributed by atoms with Crippen LogP contribution in [0, 0.1) is 6.92 Å². The second kappa shape index (κ2) is 7.17. The number of esters is 1. The summed E-state index contributed by atoms with van der Waals surface area (Å²) < 4.78 is 12.9. The molecule has 0 radical (unpaired) electrons. The predicted molar refractivity (Wildman–Crippen MR) is 92.4 cm³/mol. The van der Waals surface area contributed by atoms with Crippen molar-refractivity contribution in [2.45, 2.75) is 13.0 Å². The fourth-order valence-corrected chi connectivity index (χ4v) is 2.57. The lowest BCUT2D eigenvalue weighted by Gasteiger charge is -2.20. The summed E-state index contributed by atoms with van der Waals surface area (Å²) in [5.41, 5.74) is 2.53. The summed E-state index contributed by atoms with van der Waals surface area (Å²) in [4.78, 5) is 17.0. The summed E-state index contributed by atoms with van der Waals surface area (Å²) in [6.07, 6.45) is 2.50. The van der Waals surface area contributed by atoms with E-state index < -0.39 is 12.1 Å². The molecule has 0 amide bonds. The molecule has 2 heterocycles. The van der Waals surface area contributed by atoms with Gasteiger partial charge in [-0.2, -0.15) is 5.10 Å². The highest BCUT2D eigenvalue weighted by molar-refractivity contribution is 5.90. The van der Waals surface area contributed by atoms with E-state index in [1.54, 1.807) is 25.0 Å². The van der Waals surface area contributed by atoms with E-state index in [0.29, 0.717) is 17.0 Å². The largest absolute Gasteiger partial charge is 0.496 e. The molecule has 3 rings (SSSR count). The molecule has 0 bridgehead atoms. The number of hydrogen-bond donors (Lipinski definition) is 0. The molecule has 0 N–H and O–H groups in total. The lowest BCUT2D eigenvalue weighted by molar-refractivity contribution is 0.0366. The Hall–Kier alpha value is -3.15. The third kappa shape index (κ3) is 3.38. The predicted octanol–water partition coefficient (Wildman–Crippen LogP) is 3.08. The van der Waals surface area contributed by atoms with Crippen LogP contribution < -0.4 is 4.74 Å². The Morgan fingerprint density at radius 2 is 1.92 bits per heavy atom. The molecule has 6 nitrogen and oxygen atoms in total. The van der Waals surface area contributed by atoms with Crippen LogP contribution in [0.15, 0.2) is 54.9 Å². The van der Waals surface area contributed by atoms with Crippen LogP contribution in [0.5, 0.6) is 5.75 Å². The van der Waals surface area contributed by atoms with Crippen molar-refractivity contribution < 1.29 is 14.3 Å². The van der Waals surface area contributed by atoms with Crippen LogP contribution in [0.3, 0.4) is 0 Å². The maximum atomic E-state index is 12.7. The lowest BCUT2D eigenvalue weighted by Crippen LogP contribution is -2.15. The second-order valence-corrected chi connectivity index (χ2v) is 5.55. The molecule has 0 unspecified atom stereocenters. The SMILES string of the molecule is COc1ccccc1[C@H](OC(=O)c1cnn(C)c1C)c1ccccn1. The fourth-order valence-electron chi connectivity index (χ4n) is 2.57. The Morgan fingerprint density at radius 3 is 2.56 bits per heavy atom. The van der Waals surface area contributed by atoms with Gasteiger partial charge in [0.15, 0.2) is 6.10 Å². The molecule has 6 heteroatoms. The maximum Gasteiger partial charge on any atom is 0.342 e. The van der Waals surface area contributed by atoms with Crippen molar-refractivity contribution >= 4 is 5.97 Å². The van der Waals surface area contributed by atoms with Gasteiger partial charge >= 0.3 is 5.97 Å². The van der Waals surface area contributed by atoms with Crippen molar-refractivity contribution in [1.29, 1.82) is 0 Å². The standard InChI is InChI=1S/C19H19N3O3/c1-13-15(12-21-22(13)2)19(23)25-18(16-9-6-7-11-20-16)14-8-4-5-10-17(14)24-3/h4-12,18H,1-3H3/t18-/m0/s1. The summed E-state index contributed by atoms with van der Waals surface area (Å²) in [7, 11) is 3.37. The number of methoxy groups -OCH3 is 1. The van der Waals surface area contributed by atoms with E-state index >= 15 is 0 Å². The monoisotopic (exact) mass is 337 g/mol. The van der Waals surface area contributed by atoms with E-state index in [-0.39, 0.29) is 0 Å². The molecule has 0 saturated heterocycles. The first kappa shape index (κ1) is 16.7. The zero-order valence-electron chi connectivity index (χ0n) is 14.3. The van der Waals surface area contributed by atoms with Gasteiger partial charge in [0.25, 0.3) is 0 Å². The maximum absolute atomic E-state index is 12.7. The first-order chi connectivity index (χ1) is 12.1. The van der Waals surface area contributed by atoms with Gasteiger partial charge in [-0.15, -0.1) is 0 Å². The highest BCUT2D eigenvalue weighted by Gasteiger charge is 2.25. The van der Waals surface area contributed by atoms with Gasteiger partial charge in [0.1, 0.15) is 11.3 Å². The average Bonchev–Trinajstić information content (AvgIpc) is 2.99. The van der Waals surface area contributed by atoms with Crippen molar-refractivity contribution in [3.05, 3.63) is 77.4 Å². The van der Waals surface area contributed by atoms with E-state index in [1.807, 2.05) is 49.4 Å². The zero-order valence-corrected chi connectivity index (χ0v) is 14.3. The summed E-state index contributed by atoms with van der Waals surface area (Å²) in [6, 6.07) is 12.9. The molecule has 3 aromatic rings. The van der Waals surface area contributed by atoms with Gasteiger partial charge in [-0.3, -0.25) is 9.67 Å². The molecule has 0 fully saturated rings. The minimum atomic E-state index is -0.676. The molecular weight excluding hydrogens is 318 g/mol. The van der Waals surface area contributed by atoms with Crippen LogP contribution in [0.1, 0.15) is 33.4 Å². The number of hydrogen-bond acceptors (Lipinski definition) is 5. The Morgan fingerprint density at radius 1 is 1.16 bits per heavy atom. The quantitative estimate of drug-likeness (QED) is 0.669. The summed E-state index contributed by atoms with van der Waals surface area (Å²) in [6.45, 7) is 1.82. The lowest BCUT2D eigenvalue weighted by atomic mass is 10.0. The van der Waals surface area contributed by atoms with Gasteiger partial charge in [-0.05, 0) is 25.1 Å². The number of nitrogens with zero attached hydrogens (tertiary/aromatic N) is 3. The van der Waals surface area contributed by atoms with E-state index in [9.17, 15) is 4.79 Å². The minimum absolute atomic E-state index is 0.429. The highest BCUT2D eigenvalue weighted by atomic mass is 16.5. The summed E-state index contributed by atoms with van der Waals surface area (Å²) >= 11 is 0. The van der Waals surface area contributed by atoms with E-state index in [4.69, 9.17) is 9.47 Å². The van der Waals surface area contributed by atoms with Gasteiger partial charge in [-0.1, -0.05) is 24.3 Å². The third-order valence-electron chi connectivity index (χ3n) is 4.06. The van der Waals surface area contributed by atoms with Crippen LogP contribution in [-0.4, -0.2) is 27.8 Å². The summed E-state index contributed by atoms with van der Waals surface area (Å²) in [5, 5.41) is 4.10. The molecule has 2 aromatic heterocycles. The van der Waals surface area contributed by atoms with Crippen LogP contribution >= 0.6 is 0 Å². The number of carbonyl (C=O) groups is 1. The van der Waals surface area contributed by atoms with Crippen LogP contribution in [0.2, 0.25) is 0 Å². The molecule has 128 valence electrons. The van der Waals surface area contributed by atoms with Gasteiger partial charge in [-0.25, -0.2) is 4.79 Å². The Balaban J connectivity index is 2.00. The topological polar surface area (TPSA) is 66.2 Å². The van der Waals surface area contributed by atoms with Crippen LogP contribution in [-0.2, 0) is 11.8 Å². The Labute approximate surface area is 146 Å². The molecule has 0 saturated carbocycles. The first-order valence-corrected chi connectivity index (χ1v) is 7.85. The highest BCUT2D eigenvalue weighted by Crippen LogP contribution is 2.32. The minimum Gasteiger partial charge on any atom is -0.496 e. The number of rotatable bonds is 5. The average molecular weight is 337 g/mol. The van der Waals surface area contributed by atoms with Crippen molar-refractivity contribution in [2.24, 2.45) is 7.05 Å². The van der Waals surface area contributed by atoms with Gasteiger partial charge in [0, 0.05) is 24.5 Å². The molecule has 0 spiro atoms. The summed E-state index contributed by atoms with van der Waals surface area (Å²) in [5.74, 6) is 0.182. The fraction of sp³-hybridized carbons (Fsp3) is 0.211. The van der Waals surface area contributed by atoms with Crippen molar-refractivity contribution in [3.8, 4) is 5.75 Å². The van der Waals surface area contributed by atoms with Crippen molar-refractivity contribution in [3.63, 3.8) is 0 Å². The van der Waals surface area contributed by atoms with Gasteiger partial charge in [0.05, 0.1) is 19.0 Å². The van der Waals surface area contributed by atoms with Crippen LogP contribution in [0.25, 0.3) is 0 Å². The van der Waals surface area contributed by atoms with E-state index in [1.165, 1.54) is 6.20 Å². The Bertz CT molecular complexity index is 875. The Kier molecular flexibility index (Phi) is 4.79. The second-order valence-electron chi connectivity index (χ2n) is 5.55. The molecule has 0 aliphatic rings. The number of ether oxygens (including phenoxy) is 2. The number of pyridine rings is 1. The molecule has 1 atom stereocenters.